The van der Waals surface area contributed by atoms with Crippen LogP contribution >= 0.6 is 24.0 Å². The number of carbonyl (C=O) groups excluding carboxylic acids is 1. The molecule has 0 radical (unpaired) electrons. The van der Waals surface area contributed by atoms with Gasteiger partial charge in [0.2, 0.25) is 5.24 Å². The number of hydrogen-bond donors (Lipinski definition) is 1. The molecule has 0 bridgehead atoms. The third-order valence-corrected chi connectivity index (χ3v) is 5.29. The molecule has 2 aromatic rings. The number of benzene rings is 2. The maximum atomic E-state index is 10.4. The zero-order chi connectivity index (χ0) is 16.9. The molecule has 1 saturated carbocycles. The highest BCUT2D eigenvalue weighted by Crippen LogP contribution is 2.41. The first-order valence-electron chi connectivity index (χ1n) is 8.79. The predicted octanol–water partition coefficient (Wildman–Crippen LogP) is 5.86. The SMILES string of the molecule is Cl.NC1c2ccccc2-c2ccccc21.O=C(Cl)CCC1CCCC1. The molecule has 2 aliphatic carbocycles. The van der Waals surface area contributed by atoms with Gasteiger partial charge in [-0.2, -0.15) is 0 Å². The highest BCUT2D eigenvalue weighted by atomic mass is 35.5. The van der Waals surface area contributed by atoms with E-state index in [1.807, 2.05) is 12.1 Å². The molecule has 0 aliphatic heterocycles. The normalized spacial score (nSPS) is 15.6. The Morgan fingerprint density at radius 2 is 1.44 bits per heavy atom. The molecule has 0 aromatic heterocycles. The van der Waals surface area contributed by atoms with Crippen molar-refractivity contribution in [1.29, 1.82) is 0 Å². The fraction of sp³-hybridized carbons (Fsp3) is 0.381. The molecule has 0 unspecified atom stereocenters. The summed E-state index contributed by atoms with van der Waals surface area (Å²) in [6.45, 7) is 0. The first-order valence-corrected chi connectivity index (χ1v) is 9.16. The van der Waals surface area contributed by atoms with Crippen molar-refractivity contribution in [3.05, 3.63) is 59.7 Å². The van der Waals surface area contributed by atoms with Crippen molar-refractivity contribution in [3.8, 4) is 11.1 Å². The van der Waals surface area contributed by atoms with E-state index in [0.29, 0.717) is 6.42 Å². The number of halogens is 2. The van der Waals surface area contributed by atoms with E-state index in [4.69, 9.17) is 17.3 Å². The topological polar surface area (TPSA) is 43.1 Å². The van der Waals surface area contributed by atoms with Gasteiger partial charge in [0, 0.05) is 6.42 Å². The van der Waals surface area contributed by atoms with E-state index in [1.165, 1.54) is 47.9 Å². The lowest BCUT2D eigenvalue weighted by Crippen LogP contribution is -2.07. The van der Waals surface area contributed by atoms with E-state index in [1.54, 1.807) is 0 Å². The van der Waals surface area contributed by atoms with Crippen LogP contribution in [0.25, 0.3) is 11.1 Å². The minimum absolute atomic E-state index is 0. The zero-order valence-corrected chi connectivity index (χ0v) is 15.9. The molecule has 134 valence electrons. The van der Waals surface area contributed by atoms with Crippen LogP contribution < -0.4 is 5.73 Å². The molecule has 0 amide bonds. The van der Waals surface area contributed by atoms with Crippen molar-refractivity contribution in [3.63, 3.8) is 0 Å². The minimum Gasteiger partial charge on any atom is -0.320 e. The Kier molecular flexibility index (Phi) is 7.49. The zero-order valence-electron chi connectivity index (χ0n) is 14.3. The Morgan fingerprint density at radius 3 is 1.92 bits per heavy atom. The van der Waals surface area contributed by atoms with Gasteiger partial charge in [0.15, 0.2) is 0 Å². The van der Waals surface area contributed by atoms with E-state index in [0.717, 1.165) is 12.3 Å². The Morgan fingerprint density at radius 1 is 0.960 bits per heavy atom. The maximum Gasteiger partial charge on any atom is 0.221 e. The molecule has 4 rings (SSSR count). The molecular formula is C21H25Cl2NO. The monoisotopic (exact) mass is 377 g/mol. The van der Waals surface area contributed by atoms with Gasteiger partial charge in [0.05, 0.1) is 6.04 Å². The fourth-order valence-electron chi connectivity index (χ4n) is 3.81. The van der Waals surface area contributed by atoms with Crippen LogP contribution in [0.1, 0.15) is 55.7 Å². The summed E-state index contributed by atoms with van der Waals surface area (Å²) in [5.41, 5.74) is 11.2. The second kappa shape index (κ2) is 9.38. The minimum atomic E-state index is -0.174. The van der Waals surface area contributed by atoms with E-state index in [-0.39, 0.29) is 23.7 Å². The molecule has 2 aliphatic rings. The molecular weight excluding hydrogens is 353 g/mol. The molecule has 2 N–H and O–H groups in total. The molecule has 1 fully saturated rings. The summed E-state index contributed by atoms with van der Waals surface area (Å²) >= 11 is 5.22. The number of rotatable bonds is 3. The van der Waals surface area contributed by atoms with Crippen molar-refractivity contribution in [2.45, 2.75) is 44.6 Å². The lowest BCUT2D eigenvalue weighted by Gasteiger charge is -2.04. The second-order valence-electron chi connectivity index (χ2n) is 6.70. The number of nitrogens with two attached hydrogens (primary N) is 1. The van der Waals surface area contributed by atoms with Crippen LogP contribution in [0.5, 0.6) is 0 Å². The largest absolute Gasteiger partial charge is 0.320 e. The first-order chi connectivity index (χ1) is 11.7. The van der Waals surface area contributed by atoms with Crippen LogP contribution in [-0.2, 0) is 4.79 Å². The number of carbonyl (C=O) groups is 1. The number of fused-ring (bicyclic) bond motifs is 3. The maximum absolute atomic E-state index is 10.4. The molecule has 2 aromatic carbocycles. The van der Waals surface area contributed by atoms with Crippen molar-refractivity contribution in [2.24, 2.45) is 11.7 Å². The van der Waals surface area contributed by atoms with E-state index >= 15 is 0 Å². The molecule has 0 saturated heterocycles. The van der Waals surface area contributed by atoms with Gasteiger partial charge >= 0.3 is 0 Å². The third kappa shape index (κ3) is 4.84. The summed E-state index contributed by atoms with van der Waals surface area (Å²) in [7, 11) is 0. The Bertz CT molecular complexity index is 665. The molecule has 4 heteroatoms. The van der Waals surface area contributed by atoms with Gasteiger partial charge < -0.3 is 5.73 Å². The van der Waals surface area contributed by atoms with E-state index in [2.05, 4.69) is 36.4 Å². The van der Waals surface area contributed by atoms with Crippen LogP contribution in [-0.4, -0.2) is 5.24 Å². The second-order valence-corrected chi connectivity index (χ2v) is 7.12. The van der Waals surface area contributed by atoms with Crippen LogP contribution in [0.15, 0.2) is 48.5 Å². The quantitative estimate of drug-likeness (QED) is 0.680. The molecule has 2 nitrogen and oxygen atoms in total. The average molecular weight is 378 g/mol. The predicted molar refractivity (Wildman–Crippen MR) is 107 cm³/mol. The summed E-state index contributed by atoms with van der Waals surface area (Å²) in [4.78, 5) is 10.4. The Balaban J connectivity index is 0.000000184. The smallest absolute Gasteiger partial charge is 0.221 e. The molecule has 0 atom stereocenters. The van der Waals surface area contributed by atoms with E-state index < -0.39 is 0 Å². The highest BCUT2D eigenvalue weighted by molar-refractivity contribution is 6.63. The average Bonchev–Trinajstić information content (AvgIpc) is 3.22. The van der Waals surface area contributed by atoms with Gasteiger partial charge in [-0.1, -0.05) is 74.2 Å². The van der Waals surface area contributed by atoms with Crippen molar-refractivity contribution >= 4 is 29.3 Å². The Labute approximate surface area is 161 Å². The summed E-state index contributed by atoms with van der Waals surface area (Å²) in [6.07, 6.45) is 6.91. The van der Waals surface area contributed by atoms with E-state index in [9.17, 15) is 4.79 Å². The van der Waals surface area contributed by atoms with Crippen molar-refractivity contribution < 1.29 is 4.79 Å². The summed E-state index contributed by atoms with van der Waals surface area (Å²) in [5.74, 6) is 0.794. The van der Waals surface area contributed by atoms with Crippen molar-refractivity contribution in [2.75, 3.05) is 0 Å². The van der Waals surface area contributed by atoms with Gasteiger partial charge in [-0.15, -0.1) is 12.4 Å². The van der Waals surface area contributed by atoms with Crippen molar-refractivity contribution in [1.82, 2.24) is 0 Å². The van der Waals surface area contributed by atoms with Gasteiger partial charge in [-0.3, -0.25) is 4.79 Å². The molecule has 25 heavy (non-hydrogen) atoms. The lowest BCUT2D eigenvalue weighted by atomic mass is 10.0. The van der Waals surface area contributed by atoms with Crippen LogP contribution in [0, 0.1) is 5.92 Å². The fourth-order valence-corrected chi connectivity index (χ4v) is 3.92. The van der Waals surface area contributed by atoms with Crippen LogP contribution in [0.2, 0.25) is 0 Å². The Hall–Kier alpha value is -1.35. The summed E-state index contributed by atoms with van der Waals surface area (Å²) in [5, 5.41) is -0.174. The van der Waals surface area contributed by atoms with Gasteiger partial charge in [0.25, 0.3) is 0 Å². The molecule has 0 heterocycles. The van der Waals surface area contributed by atoms with Gasteiger partial charge in [0.1, 0.15) is 0 Å². The summed E-state index contributed by atoms with van der Waals surface area (Å²) < 4.78 is 0. The highest BCUT2D eigenvalue weighted by Gasteiger charge is 2.24. The van der Waals surface area contributed by atoms with Crippen LogP contribution in [0.3, 0.4) is 0 Å². The first kappa shape index (κ1) is 20.0. The summed E-state index contributed by atoms with van der Waals surface area (Å²) in [6, 6.07) is 16.8. The van der Waals surface area contributed by atoms with Gasteiger partial charge in [-0.25, -0.2) is 0 Å². The lowest BCUT2D eigenvalue weighted by molar-refractivity contribution is -0.111. The van der Waals surface area contributed by atoms with Crippen LogP contribution in [0.4, 0.5) is 0 Å². The van der Waals surface area contributed by atoms with Gasteiger partial charge in [-0.05, 0) is 46.2 Å². The third-order valence-electron chi connectivity index (χ3n) is 5.11. The number of hydrogen-bond acceptors (Lipinski definition) is 2. The standard InChI is InChI=1S/C13H11N.C8H13ClO.ClH/c14-13-11-7-3-1-5-9(11)10-6-2-4-8-12(10)13;9-8(10)6-5-7-3-1-2-4-7;/h1-8,13H,14H2;7H,1-6H2;1H. The molecule has 0 spiro atoms.